The number of hydrogen-bond donors (Lipinski definition) is 0. The zero-order valence-corrected chi connectivity index (χ0v) is 9.10. The number of aryl methyl sites for hydroxylation is 1. The lowest BCUT2D eigenvalue weighted by Gasteiger charge is -2.30. The lowest BCUT2D eigenvalue weighted by atomic mass is 10.2. The number of nitrogens with zero attached hydrogens (tertiary/aromatic N) is 2. The zero-order valence-electron chi connectivity index (χ0n) is 9.10. The van der Waals surface area contributed by atoms with Crippen LogP contribution in [0, 0.1) is 12.1 Å². The highest BCUT2D eigenvalue weighted by molar-refractivity contribution is 5.70. The van der Waals surface area contributed by atoms with Crippen molar-refractivity contribution < 1.29 is 19.2 Å². The van der Waals surface area contributed by atoms with E-state index in [1.807, 2.05) is 0 Å². The van der Waals surface area contributed by atoms with Gasteiger partial charge in [0, 0.05) is 19.4 Å². The van der Waals surface area contributed by atoms with E-state index < -0.39 is 10.7 Å². The summed E-state index contributed by atoms with van der Waals surface area (Å²) in [5.41, 5.74) is 1.39. The average Bonchev–Trinajstić information content (AvgIpc) is 2.58. The number of aromatic nitrogens is 1. The molecule has 0 aromatic carbocycles. The number of fused-ring (bicyclic) bond motifs is 1. The van der Waals surface area contributed by atoms with Crippen molar-refractivity contribution in [2.45, 2.75) is 13.5 Å². The maximum Gasteiger partial charge on any atom is 0.381 e. The van der Waals surface area contributed by atoms with E-state index in [1.54, 1.807) is 19.2 Å². The molecule has 0 saturated heterocycles. The van der Waals surface area contributed by atoms with Gasteiger partial charge in [0.2, 0.25) is 5.75 Å². The molecule has 6 nitrogen and oxygen atoms in total. The molecule has 0 fully saturated rings. The molecule has 1 aromatic heterocycles. The van der Waals surface area contributed by atoms with E-state index in [-0.39, 0.29) is 13.2 Å². The van der Waals surface area contributed by atoms with Crippen LogP contribution in [-0.4, -0.2) is 29.4 Å². The smallest absolute Gasteiger partial charge is 0.381 e. The molecular formula is C10H12N2O4. The molecule has 1 aliphatic rings. The molecule has 1 atom stereocenters. The average molecular weight is 224 g/mol. The first-order valence-corrected chi connectivity index (χ1v) is 4.82. The van der Waals surface area contributed by atoms with E-state index in [0.717, 1.165) is 0 Å². The van der Waals surface area contributed by atoms with E-state index in [4.69, 9.17) is 4.84 Å². The fraction of sp³-hybridized carbons (Fsp3) is 0.400. The number of hydrogen-bond acceptors (Lipinski definition) is 5. The third-order valence-corrected chi connectivity index (χ3v) is 2.49. The Morgan fingerprint density at radius 1 is 1.75 bits per heavy atom. The van der Waals surface area contributed by atoms with Crippen molar-refractivity contribution >= 4 is 5.91 Å². The second kappa shape index (κ2) is 3.82. The summed E-state index contributed by atoms with van der Waals surface area (Å²) in [4.78, 5) is 19.3. The predicted octanol–water partition coefficient (Wildman–Crippen LogP) is 0.685. The van der Waals surface area contributed by atoms with Crippen molar-refractivity contribution in [3.8, 4) is 5.75 Å². The van der Waals surface area contributed by atoms with Gasteiger partial charge in [0.15, 0.2) is 13.2 Å². The Balaban J connectivity index is 2.27. The van der Waals surface area contributed by atoms with Gasteiger partial charge in [-0.3, -0.25) is 4.98 Å². The molecule has 2 rings (SSSR count). The largest absolute Gasteiger partial charge is 0.581 e. The van der Waals surface area contributed by atoms with Gasteiger partial charge in [0.1, 0.15) is 0 Å². The number of hydroxylamine groups is 4. The predicted molar refractivity (Wildman–Crippen MR) is 53.8 cm³/mol. The summed E-state index contributed by atoms with van der Waals surface area (Å²) in [6.45, 7) is 1.47. The summed E-state index contributed by atoms with van der Waals surface area (Å²) in [6, 6.07) is 1.58. The molecular weight excluding hydrogens is 212 g/mol. The summed E-state index contributed by atoms with van der Waals surface area (Å²) in [6.07, 6.45) is 1.55. The first kappa shape index (κ1) is 11.0. The fourth-order valence-corrected chi connectivity index (χ4v) is 1.61. The topological polar surface area (TPSA) is 71.5 Å². The lowest BCUT2D eigenvalue weighted by molar-refractivity contribution is -0.976. The molecule has 16 heavy (non-hydrogen) atoms. The highest BCUT2D eigenvalue weighted by Crippen LogP contribution is 2.34. The van der Waals surface area contributed by atoms with Crippen LogP contribution in [0.2, 0.25) is 0 Å². The number of ether oxygens (including phenoxy) is 1. The van der Waals surface area contributed by atoms with Gasteiger partial charge in [-0.2, -0.15) is 0 Å². The standard InChI is InChI=1S/C10H12N2O4/c1-7-8-5-12(14,10(13)6-15-2)16-9(8)3-4-11-7/h3-4H,5-6H2,1-2H3. The first-order chi connectivity index (χ1) is 7.57. The van der Waals surface area contributed by atoms with Crippen LogP contribution in [0.1, 0.15) is 11.3 Å². The van der Waals surface area contributed by atoms with E-state index in [9.17, 15) is 10.0 Å². The maximum absolute atomic E-state index is 12.1. The number of carbonyl (C=O) groups excluding carboxylic acids is 1. The SMILES string of the molecule is COCC(=O)[N+]1([O-])Cc2c(ccnc2C)O1. The van der Waals surface area contributed by atoms with E-state index >= 15 is 0 Å². The summed E-state index contributed by atoms with van der Waals surface area (Å²) in [7, 11) is 1.36. The van der Waals surface area contributed by atoms with Crippen molar-refractivity contribution in [2.75, 3.05) is 13.7 Å². The Labute approximate surface area is 92.5 Å². The van der Waals surface area contributed by atoms with Crippen LogP contribution in [0.15, 0.2) is 12.3 Å². The number of rotatable bonds is 2. The Hall–Kier alpha value is -1.50. The fourth-order valence-electron chi connectivity index (χ4n) is 1.61. The van der Waals surface area contributed by atoms with Gasteiger partial charge in [0.05, 0.1) is 11.3 Å². The number of quaternary nitrogens is 1. The lowest BCUT2D eigenvalue weighted by Crippen LogP contribution is -2.48. The summed E-state index contributed by atoms with van der Waals surface area (Å²) >= 11 is 0. The van der Waals surface area contributed by atoms with Gasteiger partial charge in [-0.25, -0.2) is 4.79 Å². The number of methoxy groups -OCH3 is 1. The van der Waals surface area contributed by atoms with Gasteiger partial charge in [-0.1, -0.05) is 4.81 Å². The van der Waals surface area contributed by atoms with Crippen molar-refractivity contribution in [1.82, 2.24) is 4.98 Å². The molecule has 1 amide bonds. The Kier molecular flexibility index (Phi) is 2.63. The molecule has 1 unspecified atom stereocenters. The van der Waals surface area contributed by atoms with Crippen LogP contribution in [0.25, 0.3) is 0 Å². The molecule has 6 heteroatoms. The second-order valence-corrected chi connectivity index (χ2v) is 3.62. The normalized spacial score (nSPS) is 22.7. The van der Waals surface area contributed by atoms with Crippen LogP contribution in [-0.2, 0) is 16.1 Å². The highest BCUT2D eigenvalue weighted by atomic mass is 16.9. The van der Waals surface area contributed by atoms with Gasteiger partial charge >= 0.3 is 5.91 Å². The van der Waals surface area contributed by atoms with Crippen LogP contribution in [0.5, 0.6) is 5.75 Å². The first-order valence-electron chi connectivity index (χ1n) is 4.82. The van der Waals surface area contributed by atoms with Crippen LogP contribution in [0.4, 0.5) is 0 Å². The molecule has 2 heterocycles. The second-order valence-electron chi connectivity index (χ2n) is 3.62. The number of amides is 1. The molecule has 0 bridgehead atoms. The van der Waals surface area contributed by atoms with Gasteiger partial charge in [0.25, 0.3) is 0 Å². The molecule has 0 saturated carbocycles. The van der Waals surface area contributed by atoms with Crippen LogP contribution in [0.3, 0.4) is 0 Å². The van der Waals surface area contributed by atoms with E-state index in [2.05, 4.69) is 9.72 Å². The summed E-state index contributed by atoms with van der Waals surface area (Å²) < 4.78 is 4.65. The van der Waals surface area contributed by atoms with Gasteiger partial charge in [-0.15, -0.1) is 0 Å². The number of carbonyl (C=O) groups is 1. The van der Waals surface area contributed by atoms with Crippen molar-refractivity contribution in [3.63, 3.8) is 0 Å². The Morgan fingerprint density at radius 3 is 3.12 bits per heavy atom. The van der Waals surface area contributed by atoms with Crippen LogP contribution < -0.4 is 4.84 Å². The summed E-state index contributed by atoms with van der Waals surface area (Å²) in [5, 5.41) is 12.1. The molecule has 1 aromatic rings. The highest BCUT2D eigenvalue weighted by Gasteiger charge is 2.39. The summed E-state index contributed by atoms with van der Waals surface area (Å²) in [5.74, 6) is -0.231. The minimum absolute atomic E-state index is 0.0444. The Bertz CT molecular complexity index is 435. The minimum atomic E-state index is -1.35. The molecule has 1 aliphatic heterocycles. The van der Waals surface area contributed by atoms with Crippen molar-refractivity contribution in [3.05, 3.63) is 28.7 Å². The molecule has 0 N–H and O–H groups in total. The number of pyridine rings is 1. The van der Waals surface area contributed by atoms with Gasteiger partial charge in [-0.05, 0) is 6.92 Å². The monoisotopic (exact) mass is 224 g/mol. The van der Waals surface area contributed by atoms with E-state index in [0.29, 0.717) is 17.0 Å². The molecule has 0 spiro atoms. The van der Waals surface area contributed by atoms with Crippen molar-refractivity contribution in [2.24, 2.45) is 0 Å². The maximum atomic E-state index is 12.1. The zero-order chi connectivity index (χ0) is 11.8. The third-order valence-electron chi connectivity index (χ3n) is 2.49. The van der Waals surface area contributed by atoms with Crippen LogP contribution >= 0.6 is 0 Å². The molecule has 0 radical (unpaired) electrons. The Morgan fingerprint density at radius 2 is 2.50 bits per heavy atom. The van der Waals surface area contributed by atoms with E-state index in [1.165, 1.54) is 7.11 Å². The minimum Gasteiger partial charge on any atom is -0.581 e. The van der Waals surface area contributed by atoms with Gasteiger partial charge < -0.3 is 14.8 Å². The molecule has 86 valence electrons. The van der Waals surface area contributed by atoms with Crippen molar-refractivity contribution in [1.29, 1.82) is 0 Å². The quantitative estimate of drug-likeness (QED) is 0.545. The molecule has 0 aliphatic carbocycles. The third kappa shape index (κ3) is 1.67.